The van der Waals surface area contributed by atoms with Crippen molar-refractivity contribution >= 4 is 27.7 Å². The molecule has 0 aliphatic heterocycles. The zero-order chi connectivity index (χ0) is 9.68. The van der Waals surface area contributed by atoms with Gasteiger partial charge in [0.15, 0.2) is 4.67 Å². The molecule has 0 aliphatic carbocycles. The molecule has 2 nitrogen and oxygen atoms in total. The Labute approximate surface area is 91.4 Å². The normalized spacial score (nSPS) is 13.2. The monoisotopic (exact) mass is 263 g/mol. The molecule has 0 radical (unpaired) electrons. The molecule has 0 aromatic carbocycles. The van der Waals surface area contributed by atoms with E-state index >= 15 is 0 Å². The third-order valence-corrected chi connectivity index (χ3v) is 3.03. The minimum atomic E-state index is 0.302. The summed E-state index contributed by atoms with van der Waals surface area (Å²) in [6.45, 7) is 2.03. The van der Waals surface area contributed by atoms with Crippen molar-refractivity contribution < 1.29 is 4.42 Å². The maximum Gasteiger partial charge on any atom is 0.169 e. The summed E-state index contributed by atoms with van der Waals surface area (Å²) >= 11 is 5.12. The molecule has 2 N–H and O–H groups in total. The maximum atomic E-state index is 5.63. The summed E-state index contributed by atoms with van der Waals surface area (Å²) in [5.74, 6) is 3.04. The Morgan fingerprint density at radius 2 is 2.38 bits per heavy atom. The smallest absolute Gasteiger partial charge is 0.169 e. The third-order valence-electron chi connectivity index (χ3n) is 1.59. The number of thioether (sulfide) groups is 1. The van der Waals surface area contributed by atoms with Crippen LogP contribution in [0.3, 0.4) is 0 Å². The van der Waals surface area contributed by atoms with Crippen molar-refractivity contribution in [2.24, 2.45) is 5.73 Å². The minimum absolute atomic E-state index is 0.302. The van der Waals surface area contributed by atoms with E-state index in [-0.39, 0.29) is 0 Å². The lowest BCUT2D eigenvalue weighted by Gasteiger charge is -2.02. The largest absolute Gasteiger partial charge is 0.453 e. The number of hydrogen-bond acceptors (Lipinski definition) is 3. The van der Waals surface area contributed by atoms with Gasteiger partial charge in [0.25, 0.3) is 0 Å². The molecule has 0 fully saturated rings. The second kappa shape index (κ2) is 5.73. The molecular weight excluding hydrogens is 250 g/mol. The quantitative estimate of drug-likeness (QED) is 0.831. The number of furan rings is 1. The standard InChI is InChI=1S/C9H14BrNOS/c1-7(11)4-5-13-6-8-2-3-9(10)12-8/h2-3,7H,4-6,11H2,1H3. The van der Waals surface area contributed by atoms with E-state index in [1.54, 1.807) is 0 Å². The number of hydrogen-bond donors (Lipinski definition) is 1. The molecule has 13 heavy (non-hydrogen) atoms. The lowest BCUT2D eigenvalue weighted by Crippen LogP contribution is -2.15. The highest BCUT2D eigenvalue weighted by Crippen LogP contribution is 2.19. The summed E-state index contributed by atoms with van der Waals surface area (Å²) in [7, 11) is 0. The van der Waals surface area contributed by atoms with Crippen LogP contribution in [0.5, 0.6) is 0 Å². The zero-order valence-electron chi connectivity index (χ0n) is 7.63. The fraction of sp³-hybridized carbons (Fsp3) is 0.556. The van der Waals surface area contributed by atoms with Crippen LogP contribution in [0.1, 0.15) is 19.1 Å². The van der Waals surface area contributed by atoms with Crippen molar-refractivity contribution in [1.29, 1.82) is 0 Å². The van der Waals surface area contributed by atoms with Crippen molar-refractivity contribution in [3.05, 3.63) is 22.6 Å². The van der Waals surface area contributed by atoms with Crippen molar-refractivity contribution in [3.8, 4) is 0 Å². The predicted octanol–water partition coefficient (Wildman–Crippen LogP) is 3.01. The van der Waals surface area contributed by atoms with Crippen LogP contribution in [-0.2, 0) is 5.75 Å². The van der Waals surface area contributed by atoms with Crippen molar-refractivity contribution in [1.82, 2.24) is 0 Å². The highest BCUT2D eigenvalue weighted by molar-refractivity contribution is 9.10. The van der Waals surface area contributed by atoms with Crippen LogP contribution in [-0.4, -0.2) is 11.8 Å². The Hall–Kier alpha value is 0.0700. The molecule has 4 heteroatoms. The third kappa shape index (κ3) is 4.74. The van der Waals surface area contributed by atoms with E-state index in [9.17, 15) is 0 Å². The molecule has 1 atom stereocenters. The Morgan fingerprint density at radius 3 is 2.92 bits per heavy atom. The van der Waals surface area contributed by atoms with E-state index < -0.39 is 0 Å². The summed E-state index contributed by atoms with van der Waals surface area (Å²) in [4.78, 5) is 0. The highest BCUT2D eigenvalue weighted by Gasteiger charge is 2.00. The molecule has 0 bridgehead atoms. The molecule has 1 aromatic heterocycles. The molecule has 1 heterocycles. The Bertz CT molecular complexity index is 250. The van der Waals surface area contributed by atoms with Gasteiger partial charge in [-0.05, 0) is 47.2 Å². The van der Waals surface area contributed by atoms with Crippen LogP contribution in [0, 0.1) is 0 Å². The van der Waals surface area contributed by atoms with Crippen LogP contribution < -0.4 is 5.73 Å². The second-order valence-corrected chi connectivity index (χ2v) is 4.91. The topological polar surface area (TPSA) is 39.2 Å². The number of nitrogens with two attached hydrogens (primary N) is 1. The molecule has 1 rings (SSSR count). The van der Waals surface area contributed by atoms with Gasteiger partial charge in [0.1, 0.15) is 5.76 Å². The summed E-state index contributed by atoms with van der Waals surface area (Å²) in [5.41, 5.74) is 5.63. The van der Waals surface area contributed by atoms with Gasteiger partial charge in [0.05, 0.1) is 5.75 Å². The van der Waals surface area contributed by atoms with Crippen LogP contribution in [0.2, 0.25) is 0 Å². The van der Waals surface area contributed by atoms with Crippen LogP contribution >= 0.6 is 27.7 Å². The zero-order valence-corrected chi connectivity index (χ0v) is 10.0. The van der Waals surface area contributed by atoms with Gasteiger partial charge in [-0.3, -0.25) is 0 Å². The van der Waals surface area contributed by atoms with Crippen molar-refractivity contribution in [2.75, 3.05) is 5.75 Å². The Kier molecular flexibility index (Phi) is 4.91. The fourth-order valence-electron chi connectivity index (χ4n) is 0.871. The van der Waals surface area contributed by atoms with Gasteiger partial charge in [-0.15, -0.1) is 0 Å². The first-order valence-electron chi connectivity index (χ1n) is 4.26. The second-order valence-electron chi connectivity index (χ2n) is 3.02. The van der Waals surface area contributed by atoms with Gasteiger partial charge in [-0.1, -0.05) is 0 Å². The summed E-state index contributed by atoms with van der Waals surface area (Å²) in [6.07, 6.45) is 1.06. The summed E-state index contributed by atoms with van der Waals surface area (Å²) in [5, 5.41) is 0. The van der Waals surface area contributed by atoms with E-state index in [2.05, 4.69) is 15.9 Å². The van der Waals surface area contributed by atoms with E-state index in [4.69, 9.17) is 10.2 Å². The van der Waals surface area contributed by atoms with Gasteiger partial charge < -0.3 is 10.2 Å². The molecule has 0 spiro atoms. The first-order valence-corrected chi connectivity index (χ1v) is 6.21. The van der Waals surface area contributed by atoms with Crippen LogP contribution in [0.15, 0.2) is 21.2 Å². The predicted molar refractivity (Wildman–Crippen MR) is 60.8 cm³/mol. The average Bonchev–Trinajstić information content (AvgIpc) is 2.45. The van der Waals surface area contributed by atoms with Crippen LogP contribution in [0.4, 0.5) is 0 Å². The van der Waals surface area contributed by atoms with Gasteiger partial charge in [0.2, 0.25) is 0 Å². The Balaban J connectivity index is 2.13. The van der Waals surface area contributed by atoms with E-state index in [0.29, 0.717) is 6.04 Å². The average molecular weight is 264 g/mol. The summed E-state index contributed by atoms with van der Waals surface area (Å²) < 4.78 is 6.16. The lowest BCUT2D eigenvalue weighted by atomic mass is 10.3. The number of rotatable bonds is 5. The molecule has 0 saturated heterocycles. The molecule has 1 aromatic rings. The lowest BCUT2D eigenvalue weighted by molar-refractivity contribution is 0.506. The first kappa shape index (κ1) is 11.1. The molecule has 0 aliphatic rings. The van der Waals surface area contributed by atoms with Crippen LogP contribution in [0.25, 0.3) is 0 Å². The van der Waals surface area contributed by atoms with Gasteiger partial charge in [0, 0.05) is 6.04 Å². The highest BCUT2D eigenvalue weighted by atomic mass is 79.9. The van der Waals surface area contributed by atoms with E-state index in [0.717, 1.165) is 28.4 Å². The molecule has 0 amide bonds. The maximum absolute atomic E-state index is 5.63. The SMILES string of the molecule is CC(N)CCSCc1ccc(Br)o1. The van der Waals surface area contributed by atoms with Crippen molar-refractivity contribution in [3.63, 3.8) is 0 Å². The first-order chi connectivity index (χ1) is 6.18. The Morgan fingerprint density at radius 1 is 1.62 bits per heavy atom. The van der Waals surface area contributed by atoms with Gasteiger partial charge in [-0.25, -0.2) is 0 Å². The van der Waals surface area contributed by atoms with E-state index in [1.165, 1.54) is 0 Å². The van der Waals surface area contributed by atoms with Crippen molar-refractivity contribution in [2.45, 2.75) is 25.1 Å². The number of halogens is 1. The summed E-state index contributed by atoms with van der Waals surface area (Å²) in [6, 6.07) is 4.21. The molecule has 1 unspecified atom stereocenters. The van der Waals surface area contributed by atoms with Gasteiger partial charge >= 0.3 is 0 Å². The fourth-order valence-corrected chi connectivity index (χ4v) is 2.25. The molecule has 74 valence electrons. The van der Waals surface area contributed by atoms with Gasteiger partial charge in [-0.2, -0.15) is 11.8 Å². The molecule has 0 saturated carbocycles. The minimum Gasteiger partial charge on any atom is -0.453 e. The molecular formula is C9H14BrNOS. The van der Waals surface area contributed by atoms with E-state index in [1.807, 2.05) is 30.8 Å².